The second-order valence-corrected chi connectivity index (χ2v) is 5.95. The first-order valence-electron chi connectivity index (χ1n) is 6.24. The van der Waals surface area contributed by atoms with E-state index in [1.54, 1.807) is 18.0 Å². The minimum absolute atomic E-state index is 0.00470. The van der Waals surface area contributed by atoms with Gasteiger partial charge in [-0.05, 0) is 41.4 Å². The van der Waals surface area contributed by atoms with Crippen molar-refractivity contribution in [2.45, 2.75) is 13.3 Å². The Labute approximate surface area is 121 Å². The van der Waals surface area contributed by atoms with Crippen molar-refractivity contribution in [3.63, 3.8) is 0 Å². The molecule has 0 aromatic heterocycles. The maximum atomic E-state index is 12.4. The summed E-state index contributed by atoms with van der Waals surface area (Å²) in [7, 11) is 1.63. The third kappa shape index (κ3) is 2.66. The fourth-order valence-electron chi connectivity index (χ4n) is 2.43. The largest absolute Gasteiger partial charge is 0.359 e. The van der Waals surface area contributed by atoms with Crippen LogP contribution < -0.4 is 5.32 Å². The maximum absolute atomic E-state index is 12.4. The highest BCUT2D eigenvalue weighted by atomic mass is 79.9. The van der Waals surface area contributed by atoms with Gasteiger partial charge < -0.3 is 10.2 Å². The molecule has 1 fully saturated rings. The van der Waals surface area contributed by atoms with Crippen molar-refractivity contribution in [3.05, 3.63) is 34.3 Å². The zero-order valence-corrected chi connectivity index (χ0v) is 12.7. The summed E-state index contributed by atoms with van der Waals surface area (Å²) in [6.45, 7) is 2.98. The van der Waals surface area contributed by atoms with E-state index in [1.165, 1.54) is 0 Å². The summed E-state index contributed by atoms with van der Waals surface area (Å²) in [4.78, 5) is 26.0. The normalized spacial score (nSPS) is 22.4. The molecule has 0 radical (unpaired) electrons. The molecule has 1 unspecified atom stereocenters. The van der Waals surface area contributed by atoms with Gasteiger partial charge in [0.05, 0.1) is 11.0 Å². The zero-order valence-electron chi connectivity index (χ0n) is 11.1. The molecule has 1 atom stereocenters. The SMILES string of the molecule is CNC(=O)C1(C)CCN(C(=O)c2ccccc2Br)C1. The molecule has 4 nitrogen and oxygen atoms in total. The Kier molecular flexibility index (Phi) is 3.94. The van der Waals surface area contributed by atoms with Crippen molar-refractivity contribution < 1.29 is 9.59 Å². The quantitative estimate of drug-likeness (QED) is 0.905. The zero-order chi connectivity index (χ0) is 14.0. The number of amides is 2. The molecular formula is C14H17BrN2O2. The minimum Gasteiger partial charge on any atom is -0.359 e. The number of halogens is 1. The van der Waals surface area contributed by atoms with Crippen molar-refractivity contribution in [2.24, 2.45) is 5.41 Å². The summed E-state index contributed by atoms with van der Waals surface area (Å²) in [5.74, 6) is -0.0324. The average molecular weight is 325 g/mol. The van der Waals surface area contributed by atoms with E-state index >= 15 is 0 Å². The molecule has 1 aliphatic rings. The van der Waals surface area contributed by atoms with Gasteiger partial charge in [0.1, 0.15) is 0 Å². The van der Waals surface area contributed by atoms with Crippen LogP contribution in [0, 0.1) is 5.41 Å². The van der Waals surface area contributed by atoms with Gasteiger partial charge in [-0.25, -0.2) is 0 Å². The van der Waals surface area contributed by atoms with Crippen molar-refractivity contribution in [1.29, 1.82) is 0 Å². The van der Waals surface area contributed by atoms with E-state index in [4.69, 9.17) is 0 Å². The van der Waals surface area contributed by atoms with E-state index in [-0.39, 0.29) is 11.8 Å². The molecule has 2 rings (SSSR count). The topological polar surface area (TPSA) is 49.4 Å². The molecule has 0 aliphatic carbocycles. The highest BCUT2D eigenvalue weighted by molar-refractivity contribution is 9.10. The van der Waals surface area contributed by atoms with Gasteiger partial charge in [-0.15, -0.1) is 0 Å². The molecule has 1 aliphatic heterocycles. The van der Waals surface area contributed by atoms with Crippen molar-refractivity contribution in [1.82, 2.24) is 10.2 Å². The lowest BCUT2D eigenvalue weighted by Crippen LogP contribution is -2.40. The third-order valence-corrected chi connectivity index (χ3v) is 4.33. The Hall–Kier alpha value is -1.36. The monoisotopic (exact) mass is 324 g/mol. The van der Waals surface area contributed by atoms with Gasteiger partial charge in [-0.2, -0.15) is 0 Å². The first-order chi connectivity index (χ1) is 8.98. The lowest BCUT2D eigenvalue weighted by Gasteiger charge is -2.23. The van der Waals surface area contributed by atoms with Crippen LogP contribution in [-0.4, -0.2) is 36.9 Å². The third-order valence-electron chi connectivity index (χ3n) is 3.64. The van der Waals surface area contributed by atoms with E-state index in [9.17, 15) is 9.59 Å². The van der Waals surface area contributed by atoms with Gasteiger partial charge in [0.25, 0.3) is 5.91 Å². The second-order valence-electron chi connectivity index (χ2n) is 5.10. The van der Waals surface area contributed by atoms with E-state index in [0.29, 0.717) is 25.1 Å². The first-order valence-corrected chi connectivity index (χ1v) is 7.03. The van der Waals surface area contributed by atoms with Crippen molar-refractivity contribution in [3.8, 4) is 0 Å². The molecule has 1 N–H and O–H groups in total. The van der Waals surface area contributed by atoms with Crippen LogP contribution in [0.4, 0.5) is 0 Å². The summed E-state index contributed by atoms with van der Waals surface area (Å²) in [5, 5.41) is 2.67. The fourth-order valence-corrected chi connectivity index (χ4v) is 2.88. The van der Waals surface area contributed by atoms with E-state index in [1.807, 2.05) is 25.1 Å². The van der Waals surface area contributed by atoms with Gasteiger partial charge in [0.15, 0.2) is 0 Å². The van der Waals surface area contributed by atoms with E-state index in [2.05, 4.69) is 21.2 Å². The molecule has 1 saturated heterocycles. The number of benzene rings is 1. The number of nitrogens with one attached hydrogen (secondary N) is 1. The Morgan fingerprint density at radius 2 is 2.05 bits per heavy atom. The number of rotatable bonds is 2. The highest BCUT2D eigenvalue weighted by Crippen LogP contribution is 2.31. The maximum Gasteiger partial charge on any atom is 0.255 e. The Morgan fingerprint density at radius 1 is 1.37 bits per heavy atom. The van der Waals surface area contributed by atoms with Crippen LogP contribution in [0.25, 0.3) is 0 Å². The molecular weight excluding hydrogens is 308 g/mol. The Balaban J connectivity index is 2.16. The second kappa shape index (κ2) is 5.33. The Morgan fingerprint density at radius 3 is 2.68 bits per heavy atom. The number of hydrogen-bond donors (Lipinski definition) is 1. The molecule has 102 valence electrons. The summed E-state index contributed by atoms with van der Waals surface area (Å²) < 4.78 is 0.786. The van der Waals surface area contributed by atoms with Gasteiger partial charge in [-0.3, -0.25) is 9.59 Å². The van der Waals surface area contributed by atoms with Crippen LogP contribution >= 0.6 is 15.9 Å². The predicted octanol–water partition coefficient (Wildman–Crippen LogP) is 2.05. The molecule has 1 aromatic rings. The van der Waals surface area contributed by atoms with Gasteiger partial charge in [0, 0.05) is 24.6 Å². The van der Waals surface area contributed by atoms with Crippen LogP contribution in [0.1, 0.15) is 23.7 Å². The molecule has 19 heavy (non-hydrogen) atoms. The molecule has 0 spiro atoms. The van der Waals surface area contributed by atoms with Crippen molar-refractivity contribution in [2.75, 3.05) is 20.1 Å². The molecule has 1 heterocycles. The molecule has 2 amide bonds. The fraction of sp³-hybridized carbons (Fsp3) is 0.429. The Bertz CT molecular complexity index is 518. The lowest BCUT2D eigenvalue weighted by molar-refractivity contribution is -0.128. The summed E-state index contributed by atoms with van der Waals surface area (Å²) in [6.07, 6.45) is 0.697. The molecule has 5 heteroatoms. The minimum atomic E-state index is -0.480. The smallest absolute Gasteiger partial charge is 0.255 e. The highest BCUT2D eigenvalue weighted by Gasteiger charge is 2.41. The van der Waals surface area contributed by atoms with Crippen LogP contribution in [0.5, 0.6) is 0 Å². The van der Waals surface area contributed by atoms with E-state index < -0.39 is 5.41 Å². The number of nitrogens with zero attached hydrogens (tertiary/aromatic N) is 1. The summed E-state index contributed by atoms with van der Waals surface area (Å²) in [5.41, 5.74) is 0.162. The number of carbonyl (C=O) groups excluding carboxylic acids is 2. The molecule has 0 saturated carbocycles. The van der Waals surface area contributed by atoms with Crippen LogP contribution in [0.3, 0.4) is 0 Å². The summed E-state index contributed by atoms with van der Waals surface area (Å²) >= 11 is 3.39. The van der Waals surface area contributed by atoms with Gasteiger partial charge >= 0.3 is 0 Å². The number of likely N-dealkylation sites (tertiary alicyclic amines) is 1. The lowest BCUT2D eigenvalue weighted by atomic mass is 9.89. The number of carbonyl (C=O) groups is 2. The average Bonchev–Trinajstić information content (AvgIpc) is 2.81. The van der Waals surface area contributed by atoms with Gasteiger partial charge in [0.2, 0.25) is 5.91 Å². The standard InChI is InChI=1S/C14H17BrN2O2/c1-14(13(19)16-2)7-8-17(9-14)12(18)10-5-3-4-6-11(10)15/h3-6H,7-9H2,1-2H3,(H,16,19). The first kappa shape index (κ1) is 14.1. The van der Waals surface area contributed by atoms with Gasteiger partial charge in [-0.1, -0.05) is 12.1 Å². The predicted molar refractivity (Wildman–Crippen MR) is 76.8 cm³/mol. The van der Waals surface area contributed by atoms with E-state index in [0.717, 1.165) is 4.47 Å². The van der Waals surface area contributed by atoms with Crippen molar-refractivity contribution >= 4 is 27.7 Å². The molecule has 1 aromatic carbocycles. The van der Waals surface area contributed by atoms with Crippen LogP contribution in [0.15, 0.2) is 28.7 Å². The van der Waals surface area contributed by atoms with Crippen LogP contribution in [0.2, 0.25) is 0 Å². The van der Waals surface area contributed by atoms with Crippen LogP contribution in [-0.2, 0) is 4.79 Å². The molecule has 0 bridgehead atoms. The number of hydrogen-bond acceptors (Lipinski definition) is 2. The summed E-state index contributed by atoms with van der Waals surface area (Å²) in [6, 6.07) is 7.36.